The summed E-state index contributed by atoms with van der Waals surface area (Å²) in [6.45, 7) is 0. The molecule has 4 saturated carbocycles. The summed E-state index contributed by atoms with van der Waals surface area (Å²) in [5, 5.41) is 111. The Bertz CT molecular complexity index is 1900. The van der Waals surface area contributed by atoms with Crippen LogP contribution in [0.15, 0.2) is 0 Å². The molecule has 5 aliphatic heterocycles. The molecule has 56 heavy (non-hydrogen) atoms. The SMILES string of the molecule is N#CC1CC2C3NC(NC4NC(NC5NC(NC6C7CCCCC7C(N3)N6C#N)C3CCCCC53)C3C(C#N)C(C#N)C(C#N)C(C#N)C43)C2C(C#N)C1C#N. The molecule has 9 rings (SSSR count). The van der Waals surface area contributed by atoms with Gasteiger partial charge in [0.15, 0.2) is 6.19 Å². The maximum atomic E-state index is 10.9. The minimum absolute atomic E-state index is 0.0776. The molecule has 0 amide bonds. The van der Waals surface area contributed by atoms with E-state index in [4.69, 9.17) is 0 Å². The van der Waals surface area contributed by atoms with Gasteiger partial charge in [0, 0.05) is 17.8 Å². The molecule has 0 aromatic rings. The van der Waals surface area contributed by atoms with Gasteiger partial charge in [-0.2, -0.15) is 42.1 Å². The highest BCUT2D eigenvalue weighted by molar-refractivity contribution is 5.25. The summed E-state index contributed by atoms with van der Waals surface area (Å²) in [6, 6.07) is 16.4. The van der Waals surface area contributed by atoms with Crippen molar-refractivity contribution in [1.82, 2.24) is 42.1 Å². The molecule has 16 nitrogen and oxygen atoms in total. The lowest BCUT2D eigenvalue weighted by Gasteiger charge is -2.43. The molecule has 0 radical (unpaired) electrons. The van der Waals surface area contributed by atoms with E-state index in [0.717, 1.165) is 51.4 Å². The zero-order valence-corrected chi connectivity index (χ0v) is 31.2. The summed E-state index contributed by atoms with van der Waals surface area (Å²) in [6.07, 6.45) is 8.54. The van der Waals surface area contributed by atoms with Crippen molar-refractivity contribution in [3.8, 4) is 48.7 Å². The molecule has 9 fully saturated rings. The first kappa shape index (κ1) is 37.0. The monoisotopic (exact) mass is 752 g/mol. The van der Waals surface area contributed by atoms with Gasteiger partial charge in [0.1, 0.15) is 0 Å². The van der Waals surface area contributed by atoms with Crippen LogP contribution < -0.4 is 37.2 Å². The average molecular weight is 753 g/mol. The van der Waals surface area contributed by atoms with E-state index >= 15 is 0 Å². The fourth-order valence-electron chi connectivity index (χ4n) is 13.7. The van der Waals surface area contributed by atoms with Gasteiger partial charge in [0.25, 0.3) is 0 Å². The largest absolute Gasteiger partial charge is 0.286 e. The molecular formula is C40H48N16. The van der Waals surface area contributed by atoms with Crippen LogP contribution in [0.4, 0.5) is 0 Å². The second-order valence-corrected chi connectivity index (χ2v) is 18.0. The van der Waals surface area contributed by atoms with E-state index in [9.17, 15) is 42.1 Å². The molecule has 0 aromatic carbocycles. The Balaban J connectivity index is 1.17. The smallest absolute Gasteiger partial charge is 0.182 e. The van der Waals surface area contributed by atoms with E-state index in [1.807, 2.05) is 4.90 Å². The van der Waals surface area contributed by atoms with Gasteiger partial charge in [-0.15, -0.1) is 0 Å². The molecule has 0 aromatic heterocycles. The van der Waals surface area contributed by atoms with E-state index in [1.54, 1.807) is 0 Å². The molecule has 288 valence electrons. The van der Waals surface area contributed by atoms with Gasteiger partial charge in [0.2, 0.25) is 0 Å². The quantitative estimate of drug-likeness (QED) is 0.170. The predicted molar refractivity (Wildman–Crippen MR) is 193 cm³/mol. The van der Waals surface area contributed by atoms with Crippen LogP contribution >= 0.6 is 0 Å². The number of hydrogen-bond acceptors (Lipinski definition) is 16. The molecular weight excluding hydrogens is 705 g/mol. The Labute approximate surface area is 328 Å². The summed E-state index contributed by atoms with van der Waals surface area (Å²) in [4.78, 5) is 1.92. The predicted octanol–water partition coefficient (Wildman–Crippen LogP) is 1.05. The Hall–Kier alpha value is -4.56. The summed E-state index contributed by atoms with van der Waals surface area (Å²) >= 11 is 0. The fourth-order valence-corrected chi connectivity index (χ4v) is 13.7. The van der Waals surface area contributed by atoms with E-state index in [1.165, 1.54) is 0 Å². The lowest BCUT2D eigenvalue weighted by Crippen LogP contribution is -2.62. The Morgan fingerprint density at radius 2 is 0.732 bits per heavy atom. The van der Waals surface area contributed by atoms with E-state index in [-0.39, 0.29) is 48.3 Å². The number of nitrogens with one attached hydrogen (secondary N) is 7. The molecule has 9 aliphatic rings. The maximum absolute atomic E-state index is 10.9. The molecule has 5 heterocycles. The van der Waals surface area contributed by atoms with Crippen LogP contribution in [0.25, 0.3) is 0 Å². The zero-order chi connectivity index (χ0) is 38.8. The van der Waals surface area contributed by atoms with Crippen molar-refractivity contribution in [2.75, 3.05) is 0 Å². The Morgan fingerprint density at radius 3 is 1.18 bits per heavy atom. The number of hydrogen-bond donors (Lipinski definition) is 7. The van der Waals surface area contributed by atoms with Crippen LogP contribution in [0.3, 0.4) is 0 Å². The molecule has 8 bridgehead atoms. The van der Waals surface area contributed by atoms with Crippen LogP contribution in [-0.4, -0.2) is 54.2 Å². The van der Waals surface area contributed by atoms with Gasteiger partial charge in [-0.3, -0.25) is 42.1 Å². The van der Waals surface area contributed by atoms with Gasteiger partial charge in [-0.05, 0) is 61.7 Å². The number of fused-ring (bicyclic) bond motifs is 20. The van der Waals surface area contributed by atoms with Crippen LogP contribution in [0, 0.1) is 180 Å². The molecule has 4 aliphatic carbocycles. The first-order valence-corrected chi connectivity index (χ1v) is 20.7. The molecule has 0 spiro atoms. The van der Waals surface area contributed by atoms with Crippen molar-refractivity contribution >= 4 is 0 Å². The van der Waals surface area contributed by atoms with Crippen LogP contribution in [0.2, 0.25) is 0 Å². The van der Waals surface area contributed by atoms with Crippen molar-refractivity contribution < 1.29 is 0 Å². The lowest BCUT2D eigenvalue weighted by molar-refractivity contribution is 0.0628. The lowest BCUT2D eigenvalue weighted by atomic mass is 9.58. The third-order valence-electron chi connectivity index (χ3n) is 16.0. The highest BCUT2D eigenvalue weighted by atomic mass is 15.5. The fraction of sp³-hybridized carbons (Fsp3) is 0.800. The highest BCUT2D eigenvalue weighted by Gasteiger charge is 2.63. The zero-order valence-electron chi connectivity index (χ0n) is 31.2. The van der Waals surface area contributed by atoms with E-state index in [2.05, 4.69) is 85.9 Å². The van der Waals surface area contributed by atoms with Crippen molar-refractivity contribution in [2.45, 2.75) is 107 Å². The summed E-state index contributed by atoms with van der Waals surface area (Å²) < 4.78 is 0. The Kier molecular flexibility index (Phi) is 9.75. The first-order valence-electron chi connectivity index (χ1n) is 20.7. The van der Waals surface area contributed by atoms with Gasteiger partial charge in [0.05, 0.1) is 133 Å². The van der Waals surface area contributed by atoms with Crippen LogP contribution in [0.1, 0.15) is 57.8 Å². The van der Waals surface area contributed by atoms with Crippen LogP contribution in [-0.2, 0) is 0 Å². The van der Waals surface area contributed by atoms with Gasteiger partial charge in [-0.1, -0.05) is 25.7 Å². The Morgan fingerprint density at radius 1 is 0.357 bits per heavy atom. The molecule has 7 N–H and O–H groups in total. The summed E-state index contributed by atoms with van der Waals surface area (Å²) in [5.41, 5.74) is 0. The number of nitrogens with zero attached hydrogens (tertiary/aromatic N) is 9. The summed E-state index contributed by atoms with van der Waals surface area (Å²) in [7, 11) is 0. The van der Waals surface area contributed by atoms with Crippen molar-refractivity contribution in [1.29, 1.82) is 42.1 Å². The van der Waals surface area contributed by atoms with Gasteiger partial charge in [-0.25, -0.2) is 0 Å². The van der Waals surface area contributed by atoms with Crippen molar-refractivity contribution in [3.63, 3.8) is 0 Å². The molecule has 5 saturated heterocycles. The third-order valence-corrected chi connectivity index (χ3v) is 16.0. The number of rotatable bonds is 0. The van der Waals surface area contributed by atoms with Crippen molar-refractivity contribution in [2.24, 2.45) is 88.8 Å². The average Bonchev–Trinajstić information content (AvgIpc) is 3.96. The molecule has 23 unspecified atom stereocenters. The van der Waals surface area contributed by atoms with E-state index < -0.39 is 83.8 Å². The second-order valence-electron chi connectivity index (χ2n) is 18.0. The van der Waals surface area contributed by atoms with Crippen molar-refractivity contribution in [3.05, 3.63) is 0 Å². The minimum Gasteiger partial charge on any atom is -0.286 e. The molecule has 16 heteroatoms. The third kappa shape index (κ3) is 5.48. The van der Waals surface area contributed by atoms with Gasteiger partial charge < -0.3 is 0 Å². The highest BCUT2D eigenvalue weighted by Crippen LogP contribution is 2.53. The van der Waals surface area contributed by atoms with Gasteiger partial charge >= 0.3 is 0 Å². The minimum atomic E-state index is -0.980. The second kappa shape index (κ2) is 14.7. The molecule has 23 atom stereocenters. The maximum Gasteiger partial charge on any atom is 0.182 e. The normalized spacial score (nSPS) is 52.6. The first-order chi connectivity index (χ1) is 27.4. The summed E-state index contributed by atoms with van der Waals surface area (Å²) in [5.74, 6) is -6.60. The standard InChI is InChI=1S/C40H48N16/c41-10-18-9-23-30(27(14-45)24(18)11-42)36-51-35(23)55-40-22-8-4-3-7-21(22)39(56(40)17-48)54-34-20-6-2-1-5-19(20)33(49-34)50-37-31-28(15-46)25(12-43)26(13-44)29(16-47)32(31)38(52-36)53-37/h18-40,49-55H,1-9H2. The number of nitriles is 8. The van der Waals surface area contributed by atoms with Crippen LogP contribution in [0.5, 0.6) is 0 Å². The topological polar surface area (TPSA) is 278 Å². The van der Waals surface area contributed by atoms with E-state index in [0.29, 0.717) is 12.3 Å².